The van der Waals surface area contributed by atoms with Crippen LogP contribution in [-0.2, 0) is 0 Å². The topological polar surface area (TPSA) is 66.9 Å². The fraction of sp³-hybridized carbons (Fsp3) is 0.150. The summed E-state index contributed by atoms with van der Waals surface area (Å²) in [6.07, 6.45) is 2.98. The Labute approximate surface area is 157 Å². The molecular formula is C20H19ClN4O. The number of hydrogen-bond acceptors (Lipinski definition) is 4. The number of rotatable bonds is 4. The zero-order chi connectivity index (χ0) is 18.7. The summed E-state index contributed by atoms with van der Waals surface area (Å²) in [4.78, 5) is 20.8. The van der Waals surface area contributed by atoms with Gasteiger partial charge in [-0.2, -0.15) is 0 Å². The van der Waals surface area contributed by atoms with E-state index in [0.29, 0.717) is 22.2 Å². The van der Waals surface area contributed by atoms with Gasteiger partial charge in [-0.1, -0.05) is 23.7 Å². The lowest BCUT2D eigenvalue weighted by atomic mass is 10.1. The van der Waals surface area contributed by atoms with Gasteiger partial charge in [-0.15, -0.1) is 0 Å². The highest BCUT2D eigenvalue weighted by atomic mass is 35.5. The highest BCUT2D eigenvalue weighted by Crippen LogP contribution is 2.21. The Morgan fingerprint density at radius 1 is 0.923 bits per heavy atom. The van der Waals surface area contributed by atoms with Gasteiger partial charge in [-0.25, -0.2) is 9.97 Å². The van der Waals surface area contributed by atoms with E-state index in [-0.39, 0.29) is 5.91 Å². The highest BCUT2D eigenvalue weighted by Gasteiger charge is 2.10. The predicted molar refractivity (Wildman–Crippen MR) is 105 cm³/mol. The molecule has 0 unspecified atom stereocenters. The molecule has 0 aliphatic rings. The van der Waals surface area contributed by atoms with Crippen LogP contribution in [0.4, 0.5) is 17.3 Å². The van der Waals surface area contributed by atoms with Crippen molar-refractivity contribution < 1.29 is 4.79 Å². The molecular weight excluding hydrogens is 348 g/mol. The summed E-state index contributed by atoms with van der Waals surface area (Å²) in [6, 6.07) is 11.4. The number of amides is 1. The number of carbonyl (C=O) groups excluding carboxylic acids is 1. The molecule has 0 spiro atoms. The first-order valence-corrected chi connectivity index (χ1v) is 8.54. The minimum atomic E-state index is -0.284. The minimum absolute atomic E-state index is 0.284. The van der Waals surface area contributed by atoms with Crippen LogP contribution >= 0.6 is 11.6 Å². The van der Waals surface area contributed by atoms with Crippen molar-refractivity contribution >= 4 is 34.8 Å². The Bertz CT molecular complexity index is 955. The summed E-state index contributed by atoms with van der Waals surface area (Å²) in [6.45, 7) is 6.01. The number of nitrogens with zero attached hydrogens (tertiary/aromatic N) is 2. The van der Waals surface area contributed by atoms with Gasteiger partial charge >= 0.3 is 0 Å². The van der Waals surface area contributed by atoms with Gasteiger partial charge in [0.1, 0.15) is 0 Å². The predicted octanol–water partition coefficient (Wildman–Crippen LogP) is 5.05. The third kappa shape index (κ3) is 4.18. The van der Waals surface area contributed by atoms with Crippen LogP contribution in [0.2, 0.25) is 5.02 Å². The molecule has 3 rings (SSSR count). The number of benzene rings is 2. The maximum atomic E-state index is 12.4. The van der Waals surface area contributed by atoms with Crippen LogP contribution in [0, 0.1) is 20.8 Å². The molecule has 0 aliphatic heterocycles. The lowest BCUT2D eigenvalue weighted by molar-refractivity contribution is 0.102. The molecule has 1 amide bonds. The standard InChI is InChI=1S/C20H19ClN4O/c1-12-5-7-17(8-14(12)3)24-20-22-10-15(11-23-20)19(26)25-18-9-16(21)6-4-13(18)2/h4-11H,1-3H3,(H,25,26)(H,22,23,24). The van der Waals surface area contributed by atoms with Crippen molar-refractivity contribution in [1.82, 2.24) is 9.97 Å². The van der Waals surface area contributed by atoms with Crippen molar-refractivity contribution in [3.8, 4) is 0 Å². The third-order valence-corrected chi connectivity index (χ3v) is 4.36. The zero-order valence-electron chi connectivity index (χ0n) is 14.8. The van der Waals surface area contributed by atoms with Gasteiger partial charge in [0.05, 0.1) is 5.56 Å². The van der Waals surface area contributed by atoms with E-state index in [1.807, 2.05) is 38.1 Å². The Morgan fingerprint density at radius 2 is 1.62 bits per heavy atom. The summed E-state index contributed by atoms with van der Waals surface area (Å²) >= 11 is 5.98. The number of carbonyl (C=O) groups is 1. The normalized spacial score (nSPS) is 10.5. The first kappa shape index (κ1) is 17.9. The van der Waals surface area contributed by atoms with Crippen LogP contribution in [0.15, 0.2) is 48.8 Å². The van der Waals surface area contributed by atoms with Gasteiger partial charge in [-0.05, 0) is 61.7 Å². The summed E-state index contributed by atoms with van der Waals surface area (Å²) < 4.78 is 0. The first-order chi connectivity index (χ1) is 12.4. The van der Waals surface area contributed by atoms with Gasteiger partial charge in [0, 0.05) is 28.8 Å². The van der Waals surface area contributed by atoms with E-state index in [1.165, 1.54) is 23.5 Å². The van der Waals surface area contributed by atoms with Crippen LogP contribution in [0.1, 0.15) is 27.0 Å². The Hall–Kier alpha value is -2.92. The van der Waals surface area contributed by atoms with Gasteiger partial charge in [0.25, 0.3) is 5.91 Å². The SMILES string of the molecule is Cc1ccc(Nc2ncc(C(=O)Nc3cc(Cl)ccc3C)cn2)cc1C. The average molecular weight is 367 g/mol. The third-order valence-electron chi connectivity index (χ3n) is 4.12. The van der Waals surface area contributed by atoms with Gasteiger partial charge in [-0.3, -0.25) is 4.79 Å². The van der Waals surface area contributed by atoms with Crippen molar-refractivity contribution in [2.45, 2.75) is 20.8 Å². The number of aromatic nitrogens is 2. The molecule has 0 radical (unpaired) electrons. The molecule has 0 fully saturated rings. The monoisotopic (exact) mass is 366 g/mol. The zero-order valence-corrected chi connectivity index (χ0v) is 15.6. The summed E-state index contributed by atoms with van der Waals surface area (Å²) in [7, 11) is 0. The maximum Gasteiger partial charge on any atom is 0.258 e. The maximum absolute atomic E-state index is 12.4. The lowest BCUT2D eigenvalue weighted by Crippen LogP contribution is -2.14. The molecule has 0 aliphatic carbocycles. The second-order valence-electron chi connectivity index (χ2n) is 6.13. The molecule has 0 bridgehead atoms. The van der Waals surface area contributed by atoms with Crippen molar-refractivity contribution in [2.24, 2.45) is 0 Å². The van der Waals surface area contributed by atoms with E-state index >= 15 is 0 Å². The fourth-order valence-electron chi connectivity index (χ4n) is 2.38. The van der Waals surface area contributed by atoms with Crippen molar-refractivity contribution in [3.05, 3.63) is 76.1 Å². The van der Waals surface area contributed by atoms with Crippen LogP contribution in [0.5, 0.6) is 0 Å². The van der Waals surface area contributed by atoms with Crippen molar-refractivity contribution in [1.29, 1.82) is 0 Å². The summed E-state index contributed by atoms with van der Waals surface area (Å²) in [5.74, 6) is 0.150. The van der Waals surface area contributed by atoms with Gasteiger partial charge < -0.3 is 10.6 Å². The largest absolute Gasteiger partial charge is 0.324 e. The van der Waals surface area contributed by atoms with Gasteiger partial charge in [0.2, 0.25) is 5.95 Å². The molecule has 1 heterocycles. The Balaban J connectivity index is 1.71. The van der Waals surface area contributed by atoms with E-state index in [9.17, 15) is 4.79 Å². The molecule has 2 aromatic carbocycles. The fourth-order valence-corrected chi connectivity index (χ4v) is 2.55. The van der Waals surface area contributed by atoms with Gasteiger partial charge in [0.15, 0.2) is 0 Å². The molecule has 3 aromatic rings. The first-order valence-electron chi connectivity index (χ1n) is 8.16. The molecule has 2 N–H and O–H groups in total. The Morgan fingerprint density at radius 3 is 2.31 bits per heavy atom. The van der Waals surface area contributed by atoms with E-state index in [0.717, 1.165) is 11.3 Å². The molecule has 1 aromatic heterocycles. The van der Waals surface area contributed by atoms with Crippen LogP contribution in [-0.4, -0.2) is 15.9 Å². The molecule has 5 nitrogen and oxygen atoms in total. The molecule has 6 heteroatoms. The molecule has 0 saturated heterocycles. The number of halogens is 1. The number of nitrogens with one attached hydrogen (secondary N) is 2. The van der Waals surface area contributed by atoms with E-state index in [1.54, 1.807) is 12.1 Å². The number of hydrogen-bond donors (Lipinski definition) is 2. The van der Waals surface area contributed by atoms with E-state index in [2.05, 4.69) is 27.5 Å². The van der Waals surface area contributed by atoms with Crippen LogP contribution in [0.3, 0.4) is 0 Å². The molecule has 26 heavy (non-hydrogen) atoms. The molecule has 0 saturated carbocycles. The smallest absolute Gasteiger partial charge is 0.258 e. The quantitative estimate of drug-likeness (QED) is 0.678. The second-order valence-corrected chi connectivity index (χ2v) is 6.57. The lowest BCUT2D eigenvalue weighted by Gasteiger charge is -2.10. The highest BCUT2D eigenvalue weighted by molar-refractivity contribution is 6.31. The number of aryl methyl sites for hydroxylation is 3. The van der Waals surface area contributed by atoms with E-state index in [4.69, 9.17) is 11.6 Å². The second kappa shape index (κ2) is 7.54. The number of anilines is 3. The minimum Gasteiger partial charge on any atom is -0.324 e. The van der Waals surface area contributed by atoms with Crippen molar-refractivity contribution in [2.75, 3.05) is 10.6 Å². The molecule has 132 valence electrons. The molecule has 0 atom stereocenters. The average Bonchev–Trinajstić information content (AvgIpc) is 2.62. The summed E-state index contributed by atoms with van der Waals surface area (Å²) in [5, 5.41) is 6.52. The van der Waals surface area contributed by atoms with Crippen LogP contribution in [0.25, 0.3) is 0 Å². The van der Waals surface area contributed by atoms with Crippen LogP contribution < -0.4 is 10.6 Å². The Kier molecular flexibility index (Phi) is 5.19. The van der Waals surface area contributed by atoms with E-state index < -0.39 is 0 Å². The summed E-state index contributed by atoms with van der Waals surface area (Å²) in [5.41, 5.74) is 5.27. The van der Waals surface area contributed by atoms with Crippen molar-refractivity contribution in [3.63, 3.8) is 0 Å².